The molecule has 0 bridgehead atoms. The lowest BCUT2D eigenvalue weighted by Crippen LogP contribution is -2.44. The molecule has 0 aliphatic carbocycles. The van der Waals surface area contributed by atoms with Crippen molar-refractivity contribution in [1.82, 2.24) is 0 Å². The molecule has 0 heterocycles. The first-order chi connectivity index (χ1) is 5.02. The highest BCUT2D eigenvalue weighted by molar-refractivity contribution is 6.72. The largest absolute Gasteiger partial charge is 0.426 e. The molecule has 0 spiro atoms. The van der Waals surface area contributed by atoms with Crippen LogP contribution >= 0.6 is 0 Å². The van der Waals surface area contributed by atoms with Crippen molar-refractivity contribution in [3.8, 4) is 0 Å². The predicted molar refractivity (Wildman–Crippen MR) is 52.0 cm³/mol. The summed E-state index contributed by atoms with van der Waals surface area (Å²) < 4.78 is 10.9. The first-order valence-electron chi connectivity index (χ1n) is 4.00. The van der Waals surface area contributed by atoms with Crippen LogP contribution in [0.2, 0.25) is 19.1 Å². The van der Waals surface area contributed by atoms with Gasteiger partial charge >= 0.3 is 8.56 Å². The van der Waals surface area contributed by atoms with Crippen LogP contribution in [0.15, 0.2) is 0 Å². The highest BCUT2D eigenvalue weighted by Crippen LogP contribution is 2.06. The van der Waals surface area contributed by atoms with Gasteiger partial charge < -0.3 is 13.9 Å². The van der Waals surface area contributed by atoms with Gasteiger partial charge in [-0.05, 0) is 19.1 Å². The fourth-order valence-corrected chi connectivity index (χ4v) is 5.10. The van der Waals surface area contributed by atoms with E-state index in [-0.39, 0.29) is 0 Å². The zero-order valence-electron chi connectivity index (χ0n) is 7.89. The second kappa shape index (κ2) is 5.05. The van der Waals surface area contributed by atoms with Gasteiger partial charge in [-0.3, -0.25) is 0 Å². The number of nitrogens with two attached hydrogens (primary N) is 1. The minimum absolute atomic E-state index is 1.04. The molecule has 0 radical (unpaired) electrons. The molecule has 0 saturated heterocycles. The van der Waals surface area contributed by atoms with Crippen molar-refractivity contribution >= 4 is 17.8 Å². The second-order valence-corrected chi connectivity index (χ2v) is 8.85. The molecule has 0 rings (SSSR count). The Hall–Kier alpha value is 0.314. The van der Waals surface area contributed by atoms with Crippen molar-refractivity contribution in [2.45, 2.75) is 32.5 Å². The van der Waals surface area contributed by atoms with Crippen molar-refractivity contribution in [2.24, 2.45) is 5.40 Å². The molecule has 11 heavy (non-hydrogen) atoms. The van der Waals surface area contributed by atoms with Gasteiger partial charge in [-0.25, -0.2) is 0 Å². The van der Waals surface area contributed by atoms with Crippen LogP contribution in [0.4, 0.5) is 0 Å². The van der Waals surface area contributed by atoms with E-state index < -0.39 is 17.8 Å². The van der Waals surface area contributed by atoms with Crippen LogP contribution in [0, 0.1) is 0 Å². The number of hydrogen-bond donors (Lipinski definition) is 1. The summed E-state index contributed by atoms with van der Waals surface area (Å²) >= 11 is 0. The predicted octanol–water partition coefficient (Wildman–Crippen LogP) is 0.940. The third kappa shape index (κ3) is 5.57. The topological polar surface area (TPSA) is 44.5 Å². The minimum Gasteiger partial charge on any atom is -0.426 e. The number of hydrogen-bond acceptors (Lipinski definition) is 3. The van der Waals surface area contributed by atoms with Gasteiger partial charge in [0.2, 0.25) is 9.20 Å². The van der Waals surface area contributed by atoms with Crippen molar-refractivity contribution in [3.63, 3.8) is 0 Å². The fourth-order valence-electron chi connectivity index (χ4n) is 0.756. The maximum atomic E-state index is 5.82. The third-order valence-corrected chi connectivity index (χ3v) is 7.11. The molecular formula is C6H19NO2Si2. The van der Waals surface area contributed by atoms with Gasteiger partial charge in [0.1, 0.15) is 0 Å². The van der Waals surface area contributed by atoms with E-state index in [2.05, 4.69) is 6.92 Å². The van der Waals surface area contributed by atoms with Crippen LogP contribution in [0.5, 0.6) is 0 Å². The Bertz CT molecular complexity index is 111. The second-order valence-electron chi connectivity index (χ2n) is 3.05. The Kier molecular flexibility index (Phi) is 5.19. The SMILES string of the molecule is CCC[SiH](N)O[Si](C)(C)OC. The van der Waals surface area contributed by atoms with Gasteiger partial charge in [-0.2, -0.15) is 0 Å². The molecule has 0 saturated carbocycles. The number of rotatable bonds is 5. The van der Waals surface area contributed by atoms with Crippen molar-refractivity contribution in [1.29, 1.82) is 0 Å². The molecule has 68 valence electrons. The van der Waals surface area contributed by atoms with Gasteiger partial charge in [0.25, 0.3) is 0 Å². The average Bonchev–Trinajstić information content (AvgIpc) is 1.87. The summed E-state index contributed by atoms with van der Waals surface area (Å²) in [5.74, 6) is 0. The van der Waals surface area contributed by atoms with Gasteiger partial charge in [0.15, 0.2) is 0 Å². The van der Waals surface area contributed by atoms with E-state index in [4.69, 9.17) is 13.9 Å². The Morgan fingerprint density at radius 1 is 1.45 bits per heavy atom. The molecule has 0 aromatic heterocycles. The summed E-state index contributed by atoms with van der Waals surface area (Å²) in [6.45, 7) is 6.17. The molecule has 0 aromatic carbocycles. The molecule has 0 fully saturated rings. The van der Waals surface area contributed by atoms with Crippen LogP contribution in [0.3, 0.4) is 0 Å². The maximum absolute atomic E-state index is 5.82. The molecular weight excluding hydrogens is 174 g/mol. The monoisotopic (exact) mass is 193 g/mol. The molecule has 0 aliphatic heterocycles. The highest BCUT2D eigenvalue weighted by atomic mass is 28.4. The van der Waals surface area contributed by atoms with Crippen molar-refractivity contribution < 1.29 is 8.54 Å². The van der Waals surface area contributed by atoms with Gasteiger partial charge in [0, 0.05) is 7.11 Å². The van der Waals surface area contributed by atoms with E-state index in [1.807, 2.05) is 13.1 Å². The van der Waals surface area contributed by atoms with E-state index >= 15 is 0 Å². The Morgan fingerprint density at radius 2 is 2.00 bits per heavy atom. The fraction of sp³-hybridized carbons (Fsp3) is 1.00. The molecule has 0 aliphatic rings. The maximum Gasteiger partial charge on any atom is 0.321 e. The first-order valence-corrected chi connectivity index (χ1v) is 8.77. The van der Waals surface area contributed by atoms with Crippen LogP contribution in [0.1, 0.15) is 13.3 Å². The van der Waals surface area contributed by atoms with E-state index in [0.717, 1.165) is 12.5 Å². The van der Waals surface area contributed by atoms with E-state index in [0.29, 0.717) is 0 Å². The van der Waals surface area contributed by atoms with Gasteiger partial charge in [-0.1, -0.05) is 13.3 Å². The zero-order chi connectivity index (χ0) is 8.91. The third-order valence-electron chi connectivity index (χ3n) is 1.50. The molecule has 3 nitrogen and oxygen atoms in total. The molecule has 1 unspecified atom stereocenters. The summed E-state index contributed by atoms with van der Waals surface area (Å²) in [4.78, 5) is 0. The lowest BCUT2D eigenvalue weighted by molar-refractivity contribution is 0.314. The average molecular weight is 193 g/mol. The van der Waals surface area contributed by atoms with E-state index in [1.165, 1.54) is 0 Å². The molecule has 1 atom stereocenters. The highest BCUT2D eigenvalue weighted by Gasteiger charge is 2.25. The van der Waals surface area contributed by atoms with Gasteiger partial charge in [-0.15, -0.1) is 0 Å². The summed E-state index contributed by atoms with van der Waals surface area (Å²) in [5, 5.41) is 5.82. The van der Waals surface area contributed by atoms with E-state index in [9.17, 15) is 0 Å². The Morgan fingerprint density at radius 3 is 2.36 bits per heavy atom. The van der Waals surface area contributed by atoms with Gasteiger partial charge in [0.05, 0.1) is 0 Å². The molecule has 0 amide bonds. The van der Waals surface area contributed by atoms with Crippen LogP contribution in [-0.2, 0) is 8.54 Å². The minimum atomic E-state index is -1.84. The van der Waals surface area contributed by atoms with Crippen molar-refractivity contribution in [3.05, 3.63) is 0 Å². The lowest BCUT2D eigenvalue weighted by atomic mass is 10.6. The quantitative estimate of drug-likeness (QED) is 0.661. The first kappa shape index (κ1) is 11.3. The normalized spacial score (nSPS) is 15.0. The zero-order valence-corrected chi connectivity index (χ0v) is 10.0. The standard InChI is InChI=1S/C6H19NO2Si2/c1-5-6-10(7)9-11(3,4)8-2/h10H,5-7H2,1-4H3. The molecule has 5 heteroatoms. The van der Waals surface area contributed by atoms with Crippen molar-refractivity contribution in [2.75, 3.05) is 7.11 Å². The van der Waals surface area contributed by atoms with E-state index in [1.54, 1.807) is 7.11 Å². The summed E-state index contributed by atoms with van der Waals surface area (Å²) in [5.41, 5.74) is 0. The summed E-state index contributed by atoms with van der Waals surface area (Å²) in [6, 6.07) is 1.04. The molecule has 2 N–H and O–H groups in total. The van der Waals surface area contributed by atoms with Crippen LogP contribution in [-0.4, -0.2) is 24.9 Å². The summed E-state index contributed by atoms with van der Waals surface area (Å²) in [7, 11) is -1.56. The smallest absolute Gasteiger partial charge is 0.321 e. The summed E-state index contributed by atoms with van der Waals surface area (Å²) in [6.07, 6.45) is 1.11. The van der Waals surface area contributed by atoms with Crippen LogP contribution in [0.25, 0.3) is 0 Å². The Balaban J connectivity index is 3.64. The Labute approximate surface area is 71.9 Å². The van der Waals surface area contributed by atoms with Crippen LogP contribution < -0.4 is 5.40 Å². The lowest BCUT2D eigenvalue weighted by Gasteiger charge is -2.24. The molecule has 0 aromatic rings.